The number of hydrogen-bond acceptors (Lipinski definition) is 5. The van der Waals surface area contributed by atoms with Crippen molar-refractivity contribution in [3.63, 3.8) is 0 Å². The standard InChI is InChI=1S/C21H23N5/c1-4-11-22-18(8-1)16-25-14-7-15-26(17-19-9-2-5-12-23-19)21(25)20-10-3-6-13-24-20/h1-6,8-13,21H,7,14-17H2. The van der Waals surface area contributed by atoms with Crippen molar-refractivity contribution in [2.24, 2.45) is 0 Å². The third-order valence-corrected chi connectivity index (χ3v) is 4.72. The zero-order valence-corrected chi connectivity index (χ0v) is 14.8. The van der Waals surface area contributed by atoms with Gasteiger partial charge >= 0.3 is 0 Å². The van der Waals surface area contributed by atoms with Gasteiger partial charge in [-0.25, -0.2) is 0 Å². The van der Waals surface area contributed by atoms with Crippen LogP contribution in [0, 0.1) is 0 Å². The second-order valence-corrected chi connectivity index (χ2v) is 6.56. The molecule has 1 fully saturated rings. The lowest BCUT2D eigenvalue weighted by Crippen LogP contribution is -2.47. The van der Waals surface area contributed by atoms with Crippen LogP contribution in [0.25, 0.3) is 0 Å². The van der Waals surface area contributed by atoms with E-state index in [1.54, 1.807) is 0 Å². The summed E-state index contributed by atoms with van der Waals surface area (Å²) >= 11 is 0. The number of hydrogen-bond donors (Lipinski definition) is 0. The first kappa shape index (κ1) is 16.8. The third-order valence-electron chi connectivity index (χ3n) is 4.72. The number of rotatable bonds is 5. The highest BCUT2D eigenvalue weighted by Crippen LogP contribution is 2.30. The van der Waals surface area contributed by atoms with E-state index in [2.05, 4.69) is 49.0 Å². The summed E-state index contributed by atoms with van der Waals surface area (Å²) in [5.41, 5.74) is 3.26. The Morgan fingerprint density at radius 3 is 1.69 bits per heavy atom. The molecular weight excluding hydrogens is 322 g/mol. The van der Waals surface area contributed by atoms with Gasteiger partial charge in [-0.3, -0.25) is 24.8 Å². The van der Waals surface area contributed by atoms with E-state index >= 15 is 0 Å². The molecule has 0 spiro atoms. The first-order valence-corrected chi connectivity index (χ1v) is 9.09. The first-order chi connectivity index (χ1) is 12.9. The maximum absolute atomic E-state index is 4.66. The molecule has 0 radical (unpaired) electrons. The van der Waals surface area contributed by atoms with E-state index in [4.69, 9.17) is 0 Å². The lowest BCUT2D eigenvalue weighted by molar-refractivity contribution is -0.0130. The molecule has 0 unspecified atom stereocenters. The van der Waals surface area contributed by atoms with Crippen LogP contribution in [0.4, 0.5) is 0 Å². The van der Waals surface area contributed by atoms with Gasteiger partial charge in [-0.05, 0) is 42.8 Å². The molecule has 5 heteroatoms. The predicted molar refractivity (Wildman–Crippen MR) is 101 cm³/mol. The largest absolute Gasteiger partial charge is 0.277 e. The van der Waals surface area contributed by atoms with Crippen molar-refractivity contribution in [3.8, 4) is 0 Å². The van der Waals surface area contributed by atoms with Crippen molar-refractivity contribution in [1.29, 1.82) is 0 Å². The molecule has 3 aromatic heterocycles. The van der Waals surface area contributed by atoms with Gasteiger partial charge in [0.2, 0.25) is 0 Å². The maximum Gasteiger partial charge on any atom is 0.107 e. The molecule has 1 saturated heterocycles. The molecule has 0 saturated carbocycles. The van der Waals surface area contributed by atoms with Crippen LogP contribution in [-0.4, -0.2) is 37.8 Å². The summed E-state index contributed by atoms with van der Waals surface area (Å²) in [5, 5.41) is 0. The van der Waals surface area contributed by atoms with Crippen molar-refractivity contribution in [3.05, 3.63) is 90.3 Å². The molecule has 4 heterocycles. The molecular formula is C21H23N5. The van der Waals surface area contributed by atoms with Gasteiger partial charge in [-0.1, -0.05) is 18.2 Å². The predicted octanol–water partition coefficient (Wildman–Crippen LogP) is 3.28. The van der Waals surface area contributed by atoms with E-state index in [1.165, 1.54) is 0 Å². The summed E-state index contributed by atoms with van der Waals surface area (Å²) in [6, 6.07) is 18.4. The molecule has 4 rings (SSSR count). The van der Waals surface area contributed by atoms with Crippen LogP contribution in [0.5, 0.6) is 0 Å². The molecule has 0 atom stereocenters. The highest BCUT2D eigenvalue weighted by Gasteiger charge is 2.31. The summed E-state index contributed by atoms with van der Waals surface area (Å²) in [4.78, 5) is 18.6. The fourth-order valence-electron chi connectivity index (χ4n) is 3.59. The topological polar surface area (TPSA) is 45.2 Å². The minimum Gasteiger partial charge on any atom is -0.277 e. The van der Waals surface area contributed by atoms with Crippen molar-refractivity contribution in [1.82, 2.24) is 24.8 Å². The lowest BCUT2D eigenvalue weighted by Gasteiger charge is -2.43. The second-order valence-electron chi connectivity index (χ2n) is 6.56. The van der Waals surface area contributed by atoms with Gasteiger partial charge in [0.15, 0.2) is 0 Å². The molecule has 5 nitrogen and oxygen atoms in total. The quantitative estimate of drug-likeness (QED) is 0.710. The van der Waals surface area contributed by atoms with Gasteiger partial charge in [-0.2, -0.15) is 0 Å². The number of aromatic nitrogens is 3. The molecule has 0 amide bonds. The van der Waals surface area contributed by atoms with E-state index in [9.17, 15) is 0 Å². The fourth-order valence-corrected chi connectivity index (χ4v) is 3.59. The summed E-state index contributed by atoms with van der Waals surface area (Å²) in [6.07, 6.45) is 6.86. The van der Waals surface area contributed by atoms with Crippen molar-refractivity contribution < 1.29 is 0 Å². The molecule has 0 aliphatic carbocycles. The third kappa shape index (κ3) is 3.95. The average Bonchev–Trinajstić information content (AvgIpc) is 2.70. The van der Waals surface area contributed by atoms with Crippen LogP contribution in [0.3, 0.4) is 0 Å². The maximum atomic E-state index is 4.66. The molecule has 1 aliphatic rings. The van der Waals surface area contributed by atoms with E-state index in [1.807, 2.05) is 48.9 Å². The molecule has 0 aromatic carbocycles. The van der Waals surface area contributed by atoms with Gasteiger partial charge in [0.25, 0.3) is 0 Å². The molecule has 3 aromatic rings. The highest BCUT2D eigenvalue weighted by atomic mass is 15.4. The zero-order valence-electron chi connectivity index (χ0n) is 14.8. The molecule has 1 aliphatic heterocycles. The van der Waals surface area contributed by atoms with Crippen LogP contribution < -0.4 is 0 Å². The van der Waals surface area contributed by atoms with Crippen molar-refractivity contribution in [2.45, 2.75) is 25.7 Å². The zero-order chi connectivity index (χ0) is 17.6. The molecule has 132 valence electrons. The Kier molecular flexibility index (Phi) is 5.28. The van der Waals surface area contributed by atoms with E-state index in [0.717, 1.165) is 49.7 Å². The normalized spacial score (nSPS) is 16.6. The van der Waals surface area contributed by atoms with Gasteiger partial charge in [0.1, 0.15) is 6.17 Å². The Labute approximate surface area is 154 Å². The van der Waals surface area contributed by atoms with E-state index in [-0.39, 0.29) is 6.17 Å². The van der Waals surface area contributed by atoms with Crippen LogP contribution in [0.15, 0.2) is 73.2 Å². The van der Waals surface area contributed by atoms with Crippen LogP contribution >= 0.6 is 0 Å². The highest BCUT2D eigenvalue weighted by molar-refractivity contribution is 5.12. The molecule has 26 heavy (non-hydrogen) atoms. The van der Waals surface area contributed by atoms with Crippen molar-refractivity contribution >= 4 is 0 Å². The summed E-state index contributed by atoms with van der Waals surface area (Å²) in [6.45, 7) is 3.72. The Hall–Kier alpha value is -2.63. The minimum absolute atomic E-state index is 0.133. The monoisotopic (exact) mass is 345 g/mol. The number of pyridine rings is 3. The summed E-state index contributed by atoms with van der Waals surface area (Å²) in [7, 11) is 0. The van der Waals surface area contributed by atoms with Crippen molar-refractivity contribution in [2.75, 3.05) is 13.1 Å². The van der Waals surface area contributed by atoms with Crippen LogP contribution in [0.1, 0.15) is 29.7 Å². The Bertz CT molecular complexity index is 745. The van der Waals surface area contributed by atoms with Gasteiger partial charge < -0.3 is 0 Å². The number of nitrogens with zero attached hydrogens (tertiary/aromatic N) is 5. The second kappa shape index (κ2) is 8.17. The Balaban J connectivity index is 1.62. The Morgan fingerprint density at radius 2 is 1.23 bits per heavy atom. The van der Waals surface area contributed by atoms with Gasteiger partial charge in [0.05, 0.1) is 17.1 Å². The fraction of sp³-hybridized carbons (Fsp3) is 0.286. The smallest absolute Gasteiger partial charge is 0.107 e. The van der Waals surface area contributed by atoms with Gasteiger partial charge in [-0.15, -0.1) is 0 Å². The average molecular weight is 345 g/mol. The lowest BCUT2D eigenvalue weighted by atomic mass is 10.1. The summed E-state index contributed by atoms with van der Waals surface area (Å²) in [5.74, 6) is 0. The van der Waals surface area contributed by atoms with E-state index in [0.29, 0.717) is 0 Å². The van der Waals surface area contributed by atoms with Crippen LogP contribution in [0.2, 0.25) is 0 Å². The first-order valence-electron chi connectivity index (χ1n) is 9.09. The minimum atomic E-state index is 0.133. The Morgan fingerprint density at radius 1 is 0.692 bits per heavy atom. The SMILES string of the molecule is c1ccc(CN2CCCN(Cc3ccccn3)C2c2ccccn2)nc1. The van der Waals surface area contributed by atoms with Gasteiger partial charge in [0, 0.05) is 44.8 Å². The summed E-state index contributed by atoms with van der Waals surface area (Å²) < 4.78 is 0. The molecule has 0 bridgehead atoms. The van der Waals surface area contributed by atoms with Crippen LogP contribution in [-0.2, 0) is 13.1 Å². The molecule has 0 N–H and O–H groups in total. The van der Waals surface area contributed by atoms with E-state index < -0.39 is 0 Å².